The summed E-state index contributed by atoms with van der Waals surface area (Å²) in [5.41, 5.74) is 3.51. The van der Waals surface area contributed by atoms with Crippen molar-refractivity contribution >= 4 is 28.1 Å². The molecule has 0 radical (unpaired) electrons. The maximum absolute atomic E-state index is 12.2. The van der Waals surface area contributed by atoms with E-state index in [1.807, 2.05) is 51.2 Å². The van der Waals surface area contributed by atoms with Gasteiger partial charge >= 0.3 is 0 Å². The Kier molecular flexibility index (Phi) is 4.02. The van der Waals surface area contributed by atoms with Crippen molar-refractivity contribution in [3.8, 4) is 0 Å². The van der Waals surface area contributed by atoms with Crippen LogP contribution in [0.25, 0.3) is 10.8 Å². The summed E-state index contributed by atoms with van der Waals surface area (Å²) in [4.78, 5) is 12.2. The van der Waals surface area contributed by atoms with E-state index < -0.39 is 0 Å². The first-order valence-corrected chi connectivity index (χ1v) is 7.58. The maximum atomic E-state index is 12.2. The van der Waals surface area contributed by atoms with Crippen molar-refractivity contribution in [2.24, 2.45) is 7.05 Å². The Morgan fingerprint density at radius 1 is 1.13 bits per heavy atom. The molecule has 0 aliphatic carbocycles. The van der Waals surface area contributed by atoms with Gasteiger partial charge in [-0.05, 0) is 25.3 Å². The van der Waals surface area contributed by atoms with E-state index >= 15 is 0 Å². The van der Waals surface area contributed by atoms with Crippen LogP contribution in [0.15, 0.2) is 42.5 Å². The molecule has 23 heavy (non-hydrogen) atoms. The maximum Gasteiger partial charge on any atom is 0.243 e. The number of nitrogens with one attached hydrogen (secondary N) is 2. The van der Waals surface area contributed by atoms with Crippen LogP contribution in [0.5, 0.6) is 0 Å². The zero-order valence-corrected chi connectivity index (χ0v) is 13.6. The number of hydrogen-bond acceptors (Lipinski definition) is 3. The lowest BCUT2D eigenvalue weighted by Gasteiger charge is -2.10. The van der Waals surface area contributed by atoms with E-state index in [0.717, 1.165) is 33.5 Å². The highest BCUT2D eigenvalue weighted by Gasteiger charge is 2.12. The third-order valence-electron chi connectivity index (χ3n) is 4.00. The topological polar surface area (TPSA) is 59.0 Å². The molecule has 2 N–H and O–H groups in total. The second-order valence-electron chi connectivity index (χ2n) is 5.60. The highest BCUT2D eigenvalue weighted by molar-refractivity contribution is 5.98. The Balaban J connectivity index is 1.71. The molecule has 0 saturated heterocycles. The fourth-order valence-corrected chi connectivity index (χ4v) is 2.69. The molecular formula is C18H20N4O. The van der Waals surface area contributed by atoms with E-state index in [9.17, 15) is 4.79 Å². The minimum absolute atomic E-state index is 0.0860. The van der Waals surface area contributed by atoms with Crippen LogP contribution in [-0.2, 0) is 11.8 Å². The molecule has 0 unspecified atom stereocenters. The number of aryl methyl sites for hydroxylation is 2. The summed E-state index contributed by atoms with van der Waals surface area (Å²) in [7, 11) is 1.87. The minimum Gasteiger partial charge on any atom is -0.376 e. The summed E-state index contributed by atoms with van der Waals surface area (Å²) in [5.74, 6) is -0.0860. The first-order chi connectivity index (χ1) is 11.1. The summed E-state index contributed by atoms with van der Waals surface area (Å²) < 4.78 is 1.77. The van der Waals surface area contributed by atoms with E-state index in [4.69, 9.17) is 0 Å². The number of aromatic nitrogens is 2. The van der Waals surface area contributed by atoms with E-state index in [-0.39, 0.29) is 12.5 Å². The van der Waals surface area contributed by atoms with Crippen LogP contribution in [-0.4, -0.2) is 22.2 Å². The smallest absolute Gasteiger partial charge is 0.243 e. The van der Waals surface area contributed by atoms with E-state index in [2.05, 4.69) is 27.9 Å². The Morgan fingerprint density at radius 2 is 1.87 bits per heavy atom. The van der Waals surface area contributed by atoms with Crippen molar-refractivity contribution in [1.82, 2.24) is 9.78 Å². The van der Waals surface area contributed by atoms with Gasteiger partial charge in [0.05, 0.1) is 23.6 Å². The van der Waals surface area contributed by atoms with Gasteiger partial charge in [0.15, 0.2) is 0 Å². The second kappa shape index (κ2) is 6.12. The average molecular weight is 308 g/mol. The van der Waals surface area contributed by atoms with Crippen LogP contribution in [0.4, 0.5) is 11.4 Å². The standard InChI is InChI=1S/C18H20N4O/c1-12-18(13(2)22(3)21-12)20-17(23)11-19-16-10-6-8-14-7-4-5-9-15(14)16/h4-10,19H,11H2,1-3H3,(H,20,23). The largest absolute Gasteiger partial charge is 0.376 e. The van der Waals surface area contributed by atoms with Crippen LogP contribution < -0.4 is 10.6 Å². The number of anilines is 2. The lowest BCUT2D eigenvalue weighted by atomic mass is 10.1. The molecule has 0 fully saturated rings. The van der Waals surface area contributed by atoms with Crippen LogP contribution in [0.1, 0.15) is 11.4 Å². The number of nitrogens with zero attached hydrogens (tertiary/aromatic N) is 2. The number of rotatable bonds is 4. The van der Waals surface area contributed by atoms with Gasteiger partial charge in [-0.2, -0.15) is 5.10 Å². The van der Waals surface area contributed by atoms with Crippen molar-refractivity contribution < 1.29 is 4.79 Å². The highest BCUT2D eigenvalue weighted by atomic mass is 16.1. The molecule has 118 valence electrons. The van der Waals surface area contributed by atoms with Gasteiger partial charge in [-0.25, -0.2) is 0 Å². The number of carbonyl (C=O) groups is 1. The summed E-state index contributed by atoms with van der Waals surface area (Å²) in [6.07, 6.45) is 0. The first-order valence-electron chi connectivity index (χ1n) is 7.58. The van der Waals surface area contributed by atoms with Crippen molar-refractivity contribution in [1.29, 1.82) is 0 Å². The van der Waals surface area contributed by atoms with Crippen LogP contribution in [0.2, 0.25) is 0 Å². The molecule has 0 aliphatic rings. The summed E-state index contributed by atoms with van der Waals surface area (Å²) in [6.45, 7) is 4.04. The molecule has 0 saturated carbocycles. The lowest BCUT2D eigenvalue weighted by Crippen LogP contribution is -2.22. The van der Waals surface area contributed by atoms with Crippen molar-refractivity contribution in [3.05, 3.63) is 53.9 Å². The predicted octanol–water partition coefficient (Wildman–Crippen LogP) is 3.24. The van der Waals surface area contributed by atoms with Crippen LogP contribution in [0.3, 0.4) is 0 Å². The van der Waals surface area contributed by atoms with Crippen LogP contribution >= 0.6 is 0 Å². The molecule has 3 rings (SSSR count). The number of carbonyl (C=O) groups excluding carboxylic acids is 1. The van der Waals surface area contributed by atoms with Gasteiger partial charge < -0.3 is 10.6 Å². The normalized spacial score (nSPS) is 10.7. The second-order valence-corrected chi connectivity index (χ2v) is 5.60. The molecule has 5 heteroatoms. The quantitative estimate of drug-likeness (QED) is 0.778. The van der Waals surface area contributed by atoms with Gasteiger partial charge in [0.2, 0.25) is 5.91 Å². The molecule has 3 aromatic rings. The third-order valence-corrected chi connectivity index (χ3v) is 4.00. The van der Waals surface area contributed by atoms with Crippen molar-refractivity contribution in [2.75, 3.05) is 17.2 Å². The van der Waals surface area contributed by atoms with Gasteiger partial charge in [0.25, 0.3) is 0 Å². The van der Waals surface area contributed by atoms with Crippen molar-refractivity contribution in [2.45, 2.75) is 13.8 Å². The van der Waals surface area contributed by atoms with Crippen molar-refractivity contribution in [3.63, 3.8) is 0 Å². The van der Waals surface area contributed by atoms with E-state index in [1.165, 1.54) is 0 Å². The molecule has 1 heterocycles. The number of amides is 1. The Labute approximate surface area is 135 Å². The first kappa shape index (κ1) is 15.1. The van der Waals surface area contributed by atoms with Gasteiger partial charge in [0.1, 0.15) is 0 Å². The molecule has 0 aliphatic heterocycles. The van der Waals surface area contributed by atoms with Gasteiger partial charge in [-0.3, -0.25) is 9.48 Å². The third kappa shape index (κ3) is 3.04. The number of hydrogen-bond donors (Lipinski definition) is 2. The Morgan fingerprint density at radius 3 is 2.61 bits per heavy atom. The molecule has 5 nitrogen and oxygen atoms in total. The van der Waals surface area contributed by atoms with E-state index in [0.29, 0.717) is 0 Å². The zero-order chi connectivity index (χ0) is 16.4. The Hall–Kier alpha value is -2.82. The Bertz CT molecular complexity index is 861. The fraction of sp³-hybridized carbons (Fsp3) is 0.222. The van der Waals surface area contributed by atoms with Gasteiger partial charge in [0, 0.05) is 18.1 Å². The molecule has 0 spiro atoms. The molecule has 2 aromatic carbocycles. The molecule has 0 bridgehead atoms. The van der Waals surface area contributed by atoms with Crippen LogP contribution in [0, 0.1) is 13.8 Å². The minimum atomic E-state index is -0.0860. The molecular weight excluding hydrogens is 288 g/mol. The summed E-state index contributed by atoms with van der Waals surface area (Å²) in [5, 5.41) is 12.7. The summed E-state index contributed by atoms with van der Waals surface area (Å²) >= 11 is 0. The number of fused-ring (bicyclic) bond motifs is 1. The van der Waals surface area contributed by atoms with E-state index in [1.54, 1.807) is 4.68 Å². The SMILES string of the molecule is Cc1nn(C)c(C)c1NC(=O)CNc1cccc2ccccc12. The molecule has 0 atom stereocenters. The fourth-order valence-electron chi connectivity index (χ4n) is 2.69. The predicted molar refractivity (Wildman–Crippen MR) is 93.7 cm³/mol. The monoisotopic (exact) mass is 308 g/mol. The van der Waals surface area contributed by atoms with Gasteiger partial charge in [-0.15, -0.1) is 0 Å². The number of benzene rings is 2. The average Bonchev–Trinajstić information content (AvgIpc) is 2.79. The highest BCUT2D eigenvalue weighted by Crippen LogP contribution is 2.23. The van der Waals surface area contributed by atoms with Gasteiger partial charge in [-0.1, -0.05) is 36.4 Å². The lowest BCUT2D eigenvalue weighted by molar-refractivity contribution is -0.114. The zero-order valence-electron chi connectivity index (χ0n) is 13.6. The molecule has 1 amide bonds. The molecule has 1 aromatic heterocycles. The summed E-state index contributed by atoms with van der Waals surface area (Å²) in [6, 6.07) is 14.1.